The minimum Gasteiger partial charge on any atom is -0.464 e. The molecule has 1 aliphatic heterocycles. The van der Waals surface area contributed by atoms with Crippen molar-refractivity contribution in [3.63, 3.8) is 0 Å². The summed E-state index contributed by atoms with van der Waals surface area (Å²) in [5.74, 6) is -0.578. The quantitative estimate of drug-likeness (QED) is 0.316. The zero-order valence-corrected chi connectivity index (χ0v) is 23.4. The molecule has 1 fully saturated rings. The monoisotopic (exact) mass is 540 g/mol. The van der Waals surface area contributed by atoms with Gasteiger partial charge in [-0.25, -0.2) is 14.6 Å². The van der Waals surface area contributed by atoms with Crippen LogP contribution >= 0.6 is 0 Å². The predicted molar refractivity (Wildman–Crippen MR) is 153 cm³/mol. The third kappa shape index (κ3) is 5.39. The van der Waals surface area contributed by atoms with Crippen LogP contribution in [-0.2, 0) is 18.8 Å². The molecule has 1 N–H and O–H groups in total. The van der Waals surface area contributed by atoms with E-state index in [0.717, 1.165) is 11.1 Å². The van der Waals surface area contributed by atoms with Crippen LogP contribution in [0.4, 0.5) is 4.79 Å². The van der Waals surface area contributed by atoms with Gasteiger partial charge in [0.15, 0.2) is 0 Å². The van der Waals surface area contributed by atoms with E-state index >= 15 is 0 Å². The van der Waals surface area contributed by atoms with Gasteiger partial charge in [0.25, 0.3) is 0 Å². The molecule has 1 amide bonds. The summed E-state index contributed by atoms with van der Waals surface area (Å²) in [4.78, 5) is 29.3. The molecule has 2 aliphatic rings. The van der Waals surface area contributed by atoms with E-state index in [1.165, 1.54) is 18.2 Å². The first kappa shape index (κ1) is 27.6. The highest BCUT2D eigenvalue weighted by Crippen LogP contribution is 2.44. The van der Waals surface area contributed by atoms with Gasteiger partial charge in [0.1, 0.15) is 12.3 Å². The first-order valence-electron chi connectivity index (χ1n) is 13.3. The lowest BCUT2D eigenvalue weighted by atomic mass is 9.77. The van der Waals surface area contributed by atoms with Crippen LogP contribution < -0.4 is 5.32 Å². The maximum atomic E-state index is 12.9. The molecule has 0 unspecified atom stereocenters. The third-order valence-corrected chi connectivity index (χ3v) is 7.83. The van der Waals surface area contributed by atoms with Crippen molar-refractivity contribution in [1.82, 2.24) is 10.3 Å². The fourth-order valence-corrected chi connectivity index (χ4v) is 4.96. The Morgan fingerprint density at radius 3 is 2.12 bits per heavy atom. The van der Waals surface area contributed by atoms with Crippen molar-refractivity contribution in [2.75, 3.05) is 20.3 Å². The summed E-state index contributed by atoms with van der Waals surface area (Å²) in [6.45, 7) is 8.13. The number of methoxy groups -OCH3 is 1. The van der Waals surface area contributed by atoms with Crippen molar-refractivity contribution < 1.29 is 28.4 Å². The number of benzene rings is 2. The molecule has 0 spiro atoms. The summed E-state index contributed by atoms with van der Waals surface area (Å²) in [6.07, 6.45) is 1.19. The Kier molecular flexibility index (Phi) is 7.53. The number of nitrogens with zero attached hydrogens (tertiary/aromatic N) is 1. The summed E-state index contributed by atoms with van der Waals surface area (Å²) in [7, 11) is 0.572. The maximum Gasteiger partial charge on any atom is 0.492 e. The zero-order valence-electron chi connectivity index (χ0n) is 23.4. The van der Waals surface area contributed by atoms with E-state index < -0.39 is 30.4 Å². The number of esters is 1. The van der Waals surface area contributed by atoms with Crippen LogP contribution in [0.1, 0.15) is 60.9 Å². The second-order valence-electron chi connectivity index (χ2n) is 10.9. The second-order valence-corrected chi connectivity index (χ2v) is 10.9. The normalized spacial score (nSPS) is 17.2. The van der Waals surface area contributed by atoms with Gasteiger partial charge in [-0.05, 0) is 73.6 Å². The molecular weight excluding hydrogens is 507 g/mol. The van der Waals surface area contributed by atoms with Gasteiger partial charge in [-0.3, -0.25) is 0 Å². The Labute approximate surface area is 234 Å². The molecule has 0 atom stereocenters. The molecule has 1 saturated heterocycles. The molecule has 40 heavy (non-hydrogen) atoms. The fraction of sp³-hybridized carbons (Fsp3) is 0.323. The Morgan fingerprint density at radius 2 is 1.52 bits per heavy atom. The average molecular weight is 540 g/mol. The highest BCUT2D eigenvalue weighted by atomic mass is 16.7. The van der Waals surface area contributed by atoms with E-state index in [4.69, 9.17) is 18.8 Å². The van der Waals surface area contributed by atoms with Gasteiger partial charge in [0.2, 0.25) is 0 Å². The molecule has 8 nitrogen and oxygen atoms in total. The molecule has 9 heteroatoms. The van der Waals surface area contributed by atoms with Gasteiger partial charge >= 0.3 is 19.2 Å². The molecule has 0 saturated carbocycles. The molecular formula is C31H33BN2O6. The molecule has 0 bridgehead atoms. The first-order chi connectivity index (χ1) is 19.1. The van der Waals surface area contributed by atoms with E-state index in [0.29, 0.717) is 11.2 Å². The number of amides is 1. The van der Waals surface area contributed by atoms with E-state index in [1.54, 1.807) is 24.3 Å². The van der Waals surface area contributed by atoms with Gasteiger partial charge in [-0.15, -0.1) is 0 Å². The van der Waals surface area contributed by atoms with Crippen LogP contribution in [0, 0.1) is 0 Å². The summed E-state index contributed by atoms with van der Waals surface area (Å²) in [5, 5.41) is 2.85. The molecule has 3 aromatic rings. The summed E-state index contributed by atoms with van der Waals surface area (Å²) >= 11 is 0. The van der Waals surface area contributed by atoms with E-state index in [1.807, 2.05) is 52.0 Å². The summed E-state index contributed by atoms with van der Waals surface area (Å²) in [5.41, 5.74) is 4.76. The highest BCUT2D eigenvalue weighted by molar-refractivity contribution is 6.56. The standard InChI is InChI=1S/C31H33BN2O6/c1-30(2)31(3,4)40-32(39-30)20(17-21-11-10-16-27(34-21)28(35)37-5)18-33-29(36)38-19-26-24-14-8-6-12-22(24)23-13-7-9-15-25(23)26/h6-17,26H,18-19H2,1-5H3,(H,33,36). The number of carbonyl (C=O) groups is 2. The van der Waals surface area contributed by atoms with Crippen molar-refractivity contribution >= 4 is 25.3 Å². The van der Waals surface area contributed by atoms with E-state index in [-0.39, 0.29) is 24.8 Å². The minimum absolute atomic E-state index is 0.0403. The predicted octanol–water partition coefficient (Wildman–Crippen LogP) is 5.42. The van der Waals surface area contributed by atoms with Crippen molar-refractivity contribution in [3.05, 3.63) is 94.7 Å². The number of aromatic nitrogens is 1. The Balaban J connectivity index is 1.32. The smallest absolute Gasteiger partial charge is 0.464 e. The number of rotatable bonds is 7. The van der Waals surface area contributed by atoms with Crippen molar-refractivity contribution in [1.29, 1.82) is 0 Å². The largest absolute Gasteiger partial charge is 0.492 e. The Bertz CT molecular complexity index is 1410. The van der Waals surface area contributed by atoms with Gasteiger partial charge in [-0.2, -0.15) is 0 Å². The molecule has 206 valence electrons. The molecule has 0 radical (unpaired) electrons. The lowest BCUT2D eigenvalue weighted by Crippen LogP contribution is -2.41. The SMILES string of the molecule is COC(=O)c1cccc(C=C(CNC(=O)OCC2c3ccccc3-c3ccccc32)B2OC(C)(C)C(C)(C)O2)n1. The van der Waals surface area contributed by atoms with Gasteiger partial charge < -0.3 is 24.1 Å². The highest BCUT2D eigenvalue weighted by Gasteiger charge is 2.52. The van der Waals surface area contributed by atoms with Crippen LogP contribution in [-0.4, -0.2) is 55.6 Å². The lowest BCUT2D eigenvalue weighted by Gasteiger charge is -2.32. The molecule has 1 aromatic heterocycles. The number of alkyl carbamates (subject to hydrolysis) is 1. The maximum absolute atomic E-state index is 12.9. The van der Waals surface area contributed by atoms with Crippen molar-refractivity contribution in [3.8, 4) is 11.1 Å². The fourth-order valence-electron chi connectivity index (χ4n) is 4.96. The van der Waals surface area contributed by atoms with Crippen LogP contribution in [0.2, 0.25) is 0 Å². The van der Waals surface area contributed by atoms with E-state index in [9.17, 15) is 9.59 Å². The summed E-state index contributed by atoms with van der Waals surface area (Å²) in [6, 6.07) is 21.4. The van der Waals surface area contributed by atoms with Crippen LogP contribution in [0.3, 0.4) is 0 Å². The van der Waals surface area contributed by atoms with Gasteiger partial charge in [0, 0.05) is 12.5 Å². The molecule has 2 aromatic carbocycles. The number of ether oxygens (including phenoxy) is 2. The average Bonchev–Trinajstić information content (AvgIpc) is 3.38. The zero-order chi connectivity index (χ0) is 28.5. The van der Waals surface area contributed by atoms with Crippen LogP contribution in [0.15, 0.2) is 72.2 Å². The number of hydrogen-bond donors (Lipinski definition) is 1. The summed E-state index contributed by atoms with van der Waals surface area (Å²) < 4.78 is 23.0. The topological polar surface area (TPSA) is 96.0 Å². The number of fused-ring (bicyclic) bond motifs is 3. The van der Waals surface area contributed by atoms with Crippen LogP contribution in [0.5, 0.6) is 0 Å². The molecule has 1 aliphatic carbocycles. The number of carbonyl (C=O) groups excluding carboxylic acids is 2. The Morgan fingerprint density at radius 1 is 0.925 bits per heavy atom. The molecule has 5 rings (SSSR count). The Hall–Kier alpha value is -3.95. The molecule has 2 heterocycles. The number of nitrogens with one attached hydrogen (secondary N) is 1. The van der Waals surface area contributed by atoms with Crippen molar-refractivity contribution in [2.45, 2.75) is 44.8 Å². The first-order valence-corrected chi connectivity index (χ1v) is 13.3. The number of pyridine rings is 1. The lowest BCUT2D eigenvalue weighted by molar-refractivity contribution is 0.00578. The van der Waals surface area contributed by atoms with Crippen molar-refractivity contribution in [2.24, 2.45) is 0 Å². The number of hydrogen-bond acceptors (Lipinski definition) is 7. The van der Waals surface area contributed by atoms with E-state index in [2.05, 4.69) is 34.6 Å². The van der Waals surface area contributed by atoms with Crippen LogP contribution in [0.25, 0.3) is 17.2 Å². The second kappa shape index (κ2) is 10.9. The van der Waals surface area contributed by atoms with Gasteiger partial charge in [0.05, 0.1) is 24.0 Å². The third-order valence-electron chi connectivity index (χ3n) is 7.83. The van der Waals surface area contributed by atoms with Gasteiger partial charge in [-0.1, -0.05) is 54.6 Å². The minimum atomic E-state index is -0.734.